The highest BCUT2D eigenvalue weighted by Crippen LogP contribution is 2.12. The first-order valence-corrected chi connectivity index (χ1v) is 7.00. The van der Waals surface area contributed by atoms with E-state index in [1.54, 1.807) is 0 Å². The number of nitrogens with two attached hydrogens (primary N) is 2. The maximum atomic E-state index is 11.2. The Labute approximate surface area is 125 Å². The molecule has 1 amide bonds. The summed E-state index contributed by atoms with van der Waals surface area (Å²) in [5, 5.41) is 0. The Balaban J connectivity index is 2.02. The highest BCUT2D eigenvalue weighted by molar-refractivity contribution is 5.77. The molecule has 0 saturated carbocycles. The molecule has 0 aromatic heterocycles. The van der Waals surface area contributed by atoms with Gasteiger partial charge in [-0.2, -0.15) is 0 Å². The zero-order valence-electron chi connectivity index (χ0n) is 11.9. The van der Waals surface area contributed by atoms with Crippen molar-refractivity contribution in [3.63, 3.8) is 0 Å². The molecule has 2 aromatic rings. The summed E-state index contributed by atoms with van der Waals surface area (Å²) in [6.07, 6.45) is 4.73. The molecule has 0 heterocycles. The molecule has 3 heteroatoms. The number of hydrogen-bond acceptors (Lipinski definition) is 2. The van der Waals surface area contributed by atoms with E-state index < -0.39 is 0 Å². The highest BCUT2D eigenvalue weighted by Gasteiger charge is 2.13. The van der Waals surface area contributed by atoms with E-state index in [-0.39, 0.29) is 18.4 Å². The molecule has 0 aliphatic rings. The Hall–Kier alpha value is -2.39. The number of amides is 1. The minimum atomic E-state index is -0.342. The van der Waals surface area contributed by atoms with Crippen LogP contribution in [0.1, 0.15) is 16.7 Å². The highest BCUT2D eigenvalue weighted by atomic mass is 16.1. The number of primary amides is 1. The van der Waals surface area contributed by atoms with Crippen molar-refractivity contribution in [2.45, 2.75) is 6.42 Å². The van der Waals surface area contributed by atoms with Gasteiger partial charge in [-0.1, -0.05) is 66.7 Å². The van der Waals surface area contributed by atoms with E-state index in [0.29, 0.717) is 6.42 Å². The molecule has 0 aliphatic carbocycles. The summed E-state index contributed by atoms with van der Waals surface area (Å²) in [6, 6.07) is 18.2. The minimum absolute atomic E-state index is 0.283. The first-order chi connectivity index (χ1) is 10.2. The number of carbonyl (C=O) groups is 1. The summed E-state index contributed by atoms with van der Waals surface area (Å²) in [5.41, 5.74) is 14.2. The molecule has 1 unspecified atom stereocenters. The fourth-order valence-electron chi connectivity index (χ4n) is 2.11. The van der Waals surface area contributed by atoms with Crippen LogP contribution in [0, 0.1) is 5.92 Å². The van der Waals surface area contributed by atoms with Gasteiger partial charge in [0, 0.05) is 6.54 Å². The van der Waals surface area contributed by atoms with E-state index in [9.17, 15) is 4.79 Å². The Morgan fingerprint density at radius 3 is 2.05 bits per heavy atom. The summed E-state index contributed by atoms with van der Waals surface area (Å²) in [4.78, 5) is 11.2. The quantitative estimate of drug-likeness (QED) is 0.798. The molecule has 21 heavy (non-hydrogen) atoms. The molecule has 1 atom stereocenters. The van der Waals surface area contributed by atoms with Gasteiger partial charge in [-0.05, 0) is 23.1 Å². The van der Waals surface area contributed by atoms with Crippen LogP contribution in [0.2, 0.25) is 0 Å². The van der Waals surface area contributed by atoms with E-state index in [4.69, 9.17) is 11.5 Å². The Morgan fingerprint density at radius 2 is 1.52 bits per heavy atom. The van der Waals surface area contributed by atoms with Crippen LogP contribution >= 0.6 is 0 Å². The van der Waals surface area contributed by atoms with Gasteiger partial charge in [-0.15, -0.1) is 0 Å². The number of carbonyl (C=O) groups excluding carboxylic acids is 1. The summed E-state index contributed by atoms with van der Waals surface area (Å²) in [7, 11) is 0. The molecule has 0 aliphatic heterocycles. The third-order valence-electron chi connectivity index (χ3n) is 3.42. The van der Waals surface area contributed by atoms with E-state index >= 15 is 0 Å². The van der Waals surface area contributed by atoms with Crippen molar-refractivity contribution in [2.24, 2.45) is 17.4 Å². The average Bonchev–Trinajstić information content (AvgIpc) is 2.52. The molecule has 108 valence electrons. The lowest BCUT2D eigenvalue weighted by atomic mass is 9.98. The van der Waals surface area contributed by atoms with Gasteiger partial charge in [0.25, 0.3) is 0 Å². The molecule has 2 aromatic carbocycles. The monoisotopic (exact) mass is 280 g/mol. The third-order valence-corrected chi connectivity index (χ3v) is 3.42. The second-order valence-electron chi connectivity index (χ2n) is 5.02. The molecule has 0 bridgehead atoms. The zero-order valence-corrected chi connectivity index (χ0v) is 11.9. The van der Waals surface area contributed by atoms with Crippen LogP contribution in [0.4, 0.5) is 0 Å². The molecular weight excluding hydrogens is 260 g/mol. The summed E-state index contributed by atoms with van der Waals surface area (Å²) in [5.74, 6) is -0.638. The molecule has 0 radical (unpaired) electrons. The number of hydrogen-bond donors (Lipinski definition) is 2. The largest absolute Gasteiger partial charge is 0.369 e. The Bertz CT molecular complexity index is 603. The van der Waals surface area contributed by atoms with Gasteiger partial charge < -0.3 is 11.5 Å². The average molecular weight is 280 g/mol. The van der Waals surface area contributed by atoms with Gasteiger partial charge in [0.2, 0.25) is 5.91 Å². The van der Waals surface area contributed by atoms with Crippen molar-refractivity contribution in [1.82, 2.24) is 0 Å². The topological polar surface area (TPSA) is 69.1 Å². The van der Waals surface area contributed by atoms with Crippen LogP contribution in [0.15, 0.2) is 54.6 Å². The SMILES string of the molecule is NCC(Cc1ccc(C=Cc2ccccc2)cc1)C(N)=O. The molecule has 4 N–H and O–H groups in total. The molecular formula is C18H20N2O. The number of benzene rings is 2. The van der Waals surface area contributed by atoms with Crippen molar-refractivity contribution in [3.8, 4) is 0 Å². The maximum Gasteiger partial charge on any atom is 0.222 e. The van der Waals surface area contributed by atoms with Crippen molar-refractivity contribution < 1.29 is 4.79 Å². The summed E-state index contributed by atoms with van der Waals surface area (Å²) >= 11 is 0. The normalized spacial score (nSPS) is 12.4. The molecule has 0 saturated heterocycles. The molecule has 0 spiro atoms. The first kappa shape index (κ1) is 15.0. The minimum Gasteiger partial charge on any atom is -0.369 e. The van der Waals surface area contributed by atoms with E-state index in [0.717, 1.165) is 11.1 Å². The van der Waals surface area contributed by atoms with Crippen molar-refractivity contribution >= 4 is 18.1 Å². The van der Waals surface area contributed by atoms with Crippen LogP contribution in [-0.2, 0) is 11.2 Å². The van der Waals surface area contributed by atoms with Gasteiger partial charge in [-0.3, -0.25) is 4.79 Å². The fourth-order valence-corrected chi connectivity index (χ4v) is 2.11. The summed E-state index contributed by atoms with van der Waals surface area (Å²) < 4.78 is 0. The molecule has 3 nitrogen and oxygen atoms in total. The van der Waals surface area contributed by atoms with Crippen LogP contribution in [-0.4, -0.2) is 12.5 Å². The van der Waals surface area contributed by atoms with Gasteiger partial charge in [-0.25, -0.2) is 0 Å². The molecule has 2 rings (SSSR count). The Kier molecular flexibility index (Phi) is 5.29. The lowest BCUT2D eigenvalue weighted by molar-refractivity contribution is -0.121. The van der Waals surface area contributed by atoms with E-state index in [1.807, 2.05) is 42.5 Å². The molecule has 0 fully saturated rings. The van der Waals surface area contributed by atoms with Gasteiger partial charge in [0.15, 0.2) is 0 Å². The van der Waals surface area contributed by atoms with Crippen LogP contribution in [0.5, 0.6) is 0 Å². The van der Waals surface area contributed by atoms with Crippen molar-refractivity contribution in [1.29, 1.82) is 0 Å². The van der Waals surface area contributed by atoms with Gasteiger partial charge in [0.1, 0.15) is 0 Å². The summed E-state index contributed by atoms with van der Waals surface area (Å²) in [6.45, 7) is 0.283. The van der Waals surface area contributed by atoms with Gasteiger partial charge >= 0.3 is 0 Å². The van der Waals surface area contributed by atoms with Crippen molar-refractivity contribution in [3.05, 3.63) is 71.3 Å². The standard InChI is InChI=1S/C18H20N2O/c19-13-17(18(20)21)12-16-10-8-15(9-11-16)7-6-14-4-2-1-3-5-14/h1-11,17H,12-13,19H2,(H2,20,21). The lowest BCUT2D eigenvalue weighted by Crippen LogP contribution is -2.31. The third kappa shape index (κ3) is 4.58. The van der Waals surface area contributed by atoms with Crippen molar-refractivity contribution in [2.75, 3.05) is 6.54 Å². The van der Waals surface area contributed by atoms with E-state index in [1.165, 1.54) is 5.56 Å². The smallest absolute Gasteiger partial charge is 0.222 e. The van der Waals surface area contributed by atoms with Crippen LogP contribution < -0.4 is 11.5 Å². The second kappa shape index (κ2) is 7.41. The van der Waals surface area contributed by atoms with E-state index in [2.05, 4.69) is 24.3 Å². The Morgan fingerprint density at radius 1 is 0.952 bits per heavy atom. The maximum absolute atomic E-state index is 11.2. The van der Waals surface area contributed by atoms with Crippen LogP contribution in [0.3, 0.4) is 0 Å². The van der Waals surface area contributed by atoms with Gasteiger partial charge in [0.05, 0.1) is 5.92 Å². The number of rotatable bonds is 6. The second-order valence-corrected chi connectivity index (χ2v) is 5.02. The van der Waals surface area contributed by atoms with Crippen LogP contribution in [0.25, 0.3) is 12.2 Å². The fraction of sp³-hybridized carbons (Fsp3) is 0.167. The first-order valence-electron chi connectivity index (χ1n) is 7.00. The lowest BCUT2D eigenvalue weighted by Gasteiger charge is -2.10. The predicted octanol–water partition coefficient (Wildman–Crippen LogP) is 2.46. The predicted molar refractivity (Wildman–Crippen MR) is 87.3 cm³/mol. The zero-order chi connectivity index (χ0) is 15.1.